The van der Waals surface area contributed by atoms with Gasteiger partial charge in [0.25, 0.3) is 5.56 Å². The van der Waals surface area contributed by atoms with Crippen molar-refractivity contribution >= 4 is 27.5 Å². The van der Waals surface area contributed by atoms with Crippen LogP contribution in [0.15, 0.2) is 40.0 Å². The maximum absolute atomic E-state index is 12.8. The summed E-state index contributed by atoms with van der Waals surface area (Å²) < 4.78 is 1.82. The van der Waals surface area contributed by atoms with Crippen molar-refractivity contribution in [3.63, 3.8) is 0 Å². The number of amides is 1. The van der Waals surface area contributed by atoms with Gasteiger partial charge in [0.2, 0.25) is 5.91 Å². The van der Waals surface area contributed by atoms with Crippen LogP contribution in [0.4, 0.5) is 5.69 Å². The minimum Gasteiger partial charge on any atom is -0.380 e. The van der Waals surface area contributed by atoms with Crippen LogP contribution in [0.1, 0.15) is 45.6 Å². The van der Waals surface area contributed by atoms with Crippen LogP contribution in [-0.4, -0.2) is 26.7 Å². The molecule has 0 aromatic carbocycles. The first-order valence-corrected chi connectivity index (χ1v) is 11.7. The fraction of sp³-hybridized carbons (Fsp3) is 0.565. The van der Waals surface area contributed by atoms with Crippen molar-refractivity contribution in [2.24, 2.45) is 23.2 Å². The lowest BCUT2D eigenvalue weighted by Gasteiger charge is -2.62. The zero-order chi connectivity index (χ0) is 22.2. The third-order valence-corrected chi connectivity index (χ3v) is 8.24. The summed E-state index contributed by atoms with van der Waals surface area (Å²) in [6.07, 6.45) is 7.70. The molecule has 3 fully saturated rings. The van der Waals surface area contributed by atoms with Gasteiger partial charge in [-0.15, -0.1) is 0 Å². The molecule has 4 atom stereocenters. The molecule has 3 saturated carbocycles. The zero-order valence-corrected chi connectivity index (χ0v) is 19.9. The highest BCUT2D eigenvalue weighted by Gasteiger charge is 2.56. The van der Waals surface area contributed by atoms with E-state index < -0.39 is 0 Å². The van der Waals surface area contributed by atoms with Crippen LogP contribution in [-0.2, 0) is 17.9 Å². The number of aromatic nitrogens is 3. The van der Waals surface area contributed by atoms with Crippen LogP contribution in [0, 0.1) is 23.2 Å². The van der Waals surface area contributed by atoms with E-state index in [0.717, 1.165) is 29.5 Å². The smallest absolute Gasteiger partial charge is 0.283 e. The molecule has 0 radical (unpaired) electrons. The molecule has 1 amide bonds. The normalized spacial score (nSPS) is 26.1. The number of fused-ring (bicyclic) bond motifs is 2. The van der Waals surface area contributed by atoms with Gasteiger partial charge in [-0.3, -0.25) is 14.6 Å². The molecule has 0 saturated heterocycles. The van der Waals surface area contributed by atoms with Gasteiger partial charge in [-0.25, -0.2) is 4.68 Å². The van der Waals surface area contributed by atoms with Crippen LogP contribution >= 0.6 is 15.9 Å². The highest BCUT2D eigenvalue weighted by Crippen LogP contribution is 2.61. The molecule has 0 aliphatic heterocycles. The Morgan fingerprint density at radius 2 is 2.03 bits per heavy atom. The summed E-state index contributed by atoms with van der Waals surface area (Å²) in [6.45, 7) is 7.74. The number of anilines is 1. The van der Waals surface area contributed by atoms with Crippen molar-refractivity contribution in [3.8, 4) is 0 Å². The van der Waals surface area contributed by atoms with Gasteiger partial charge in [-0.2, -0.15) is 5.10 Å². The van der Waals surface area contributed by atoms with E-state index in [0.29, 0.717) is 28.4 Å². The van der Waals surface area contributed by atoms with Crippen LogP contribution in [0.3, 0.4) is 0 Å². The Bertz CT molecular complexity index is 1010. The summed E-state index contributed by atoms with van der Waals surface area (Å²) in [7, 11) is 0. The van der Waals surface area contributed by atoms with E-state index in [1.54, 1.807) is 18.6 Å². The van der Waals surface area contributed by atoms with Crippen molar-refractivity contribution in [1.29, 1.82) is 0 Å². The van der Waals surface area contributed by atoms with Gasteiger partial charge in [0, 0.05) is 31.4 Å². The summed E-state index contributed by atoms with van der Waals surface area (Å²) in [5.74, 6) is 1.89. The van der Waals surface area contributed by atoms with Gasteiger partial charge in [-0.1, -0.05) is 20.8 Å². The van der Waals surface area contributed by atoms with Gasteiger partial charge in [0.15, 0.2) is 0 Å². The Labute approximate surface area is 191 Å². The number of carbonyl (C=O) groups is 1. The van der Waals surface area contributed by atoms with Gasteiger partial charge < -0.3 is 10.6 Å². The summed E-state index contributed by atoms with van der Waals surface area (Å²) in [5.41, 5.74) is 1.92. The Kier molecular flexibility index (Phi) is 6.19. The topological polar surface area (TPSA) is 88.9 Å². The molecule has 2 aromatic rings. The lowest BCUT2D eigenvalue weighted by Crippen LogP contribution is -2.58. The number of hydrogen-bond acceptors (Lipinski definition) is 5. The van der Waals surface area contributed by atoms with E-state index in [-0.39, 0.29) is 24.4 Å². The van der Waals surface area contributed by atoms with E-state index in [9.17, 15) is 9.59 Å². The fourth-order valence-electron chi connectivity index (χ4n) is 5.26. The lowest BCUT2D eigenvalue weighted by molar-refractivity contribution is -0.121. The molecule has 0 unspecified atom stereocenters. The van der Waals surface area contributed by atoms with Crippen molar-refractivity contribution in [3.05, 3.63) is 51.1 Å². The monoisotopic (exact) mass is 487 g/mol. The molecule has 3 aliphatic rings. The second kappa shape index (κ2) is 8.73. The number of aryl methyl sites for hydroxylation is 1. The Morgan fingerprint density at radius 1 is 1.29 bits per heavy atom. The third-order valence-electron chi connectivity index (χ3n) is 7.47. The second-order valence-electron chi connectivity index (χ2n) is 9.49. The van der Waals surface area contributed by atoms with Gasteiger partial charge in [-0.05, 0) is 69.6 Å². The molecule has 2 N–H and O–H groups in total. The van der Waals surface area contributed by atoms with E-state index >= 15 is 0 Å². The second-order valence-corrected chi connectivity index (χ2v) is 10.3. The van der Waals surface area contributed by atoms with Crippen LogP contribution < -0.4 is 16.2 Å². The quantitative estimate of drug-likeness (QED) is 0.622. The van der Waals surface area contributed by atoms with Crippen molar-refractivity contribution in [2.75, 3.05) is 5.32 Å². The fourth-order valence-corrected chi connectivity index (χ4v) is 5.68. The summed E-state index contributed by atoms with van der Waals surface area (Å²) in [6, 6.07) is 4.06. The summed E-state index contributed by atoms with van der Waals surface area (Å²) >= 11 is 3.45. The molecule has 5 rings (SSSR count). The number of nitrogens with zero attached hydrogens (tertiary/aromatic N) is 3. The Balaban J connectivity index is 1.33. The molecule has 31 heavy (non-hydrogen) atoms. The predicted octanol–water partition coefficient (Wildman–Crippen LogP) is 3.59. The predicted molar refractivity (Wildman–Crippen MR) is 123 cm³/mol. The van der Waals surface area contributed by atoms with Crippen LogP contribution in [0.25, 0.3) is 0 Å². The minimum atomic E-state index is -0.221. The van der Waals surface area contributed by atoms with Gasteiger partial charge in [0.05, 0.1) is 18.4 Å². The highest BCUT2D eigenvalue weighted by molar-refractivity contribution is 9.10. The average Bonchev–Trinajstić information content (AvgIpc) is 2.76. The first-order chi connectivity index (χ1) is 14.8. The largest absolute Gasteiger partial charge is 0.380 e. The standard InChI is InChI=1S/C23H30BrN5O2/c1-14-17-10-16(23(17,2)3)11-18(14)28-19-13-27-29(22(31)21(19)24)9-6-20(30)26-12-15-4-7-25-8-5-15/h4-5,7-8,13-14,16-18,28H,6,9-12H2,1-3H3,(H,26,30)/t14-,16-,17+,18-/m1/s1. The molecule has 2 aromatic heterocycles. The molecule has 7 nitrogen and oxygen atoms in total. The van der Waals surface area contributed by atoms with Crippen LogP contribution in [0.5, 0.6) is 0 Å². The van der Waals surface area contributed by atoms with Gasteiger partial charge >= 0.3 is 0 Å². The summed E-state index contributed by atoms with van der Waals surface area (Å²) in [5, 5.41) is 10.7. The molecular weight excluding hydrogens is 458 g/mol. The number of carbonyl (C=O) groups excluding carboxylic acids is 1. The van der Waals surface area contributed by atoms with Crippen molar-refractivity contribution in [2.45, 2.75) is 59.2 Å². The lowest BCUT2D eigenvalue weighted by atomic mass is 9.45. The SMILES string of the molecule is C[C@H]1[C@H](Nc2cnn(CCC(=O)NCc3ccncc3)c(=O)c2Br)C[C@H]2C[C@@H]1C2(C)C. The highest BCUT2D eigenvalue weighted by atomic mass is 79.9. The van der Waals surface area contributed by atoms with E-state index in [4.69, 9.17) is 0 Å². The first kappa shape index (κ1) is 22.0. The molecule has 2 heterocycles. The number of rotatable bonds is 7. The van der Waals surface area contributed by atoms with Gasteiger partial charge in [0.1, 0.15) is 4.47 Å². The number of nitrogens with one attached hydrogen (secondary N) is 2. The maximum atomic E-state index is 12.8. The maximum Gasteiger partial charge on any atom is 0.283 e. The molecule has 8 heteroatoms. The molecular formula is C23H30BrN5O2. The zero-order valence-electron chi connectivity index (χ0n) is 18.3. The first-order valence-electron chi connectivity index (χ1n) is 10.9. The minimum absolute atomic E-state index is 0.123. The Morgan fingerprint density at radius 3 is 2.71 bits per heavy atom. The van der Waals surface area contributed by atoms with Crippen molar-refractivity contribution < 1.29 is 4.79 Å². The van der Waals surface area contributed by atoms with Crippen molar-refractivity contribution in [1.82, 2.24) is 20.1 Å². The molecule has 2 bridgehead atoms. The van der Waals surface area contributed by atoms with E-state index in [2.05, 4.69) is 57.4 Å². The number of hydrogen-bond donors (Lipinski definition) is 2. The molecule has 166 valence electrons. The van der Waals surface area contributed by atoms with E-state index in [1.165, 1.54) is 11.1 Å². The molecule has 3 aliphatic carbocycles. The van der Waals surface area contributed by atoms with Crippen LogP contribution in [0.2, 0.25) is 0 Å². The number of halogens is 1. The average molecular weight is 488 g/mol. The number of pyridine rings is 1. The third kappa shape index (κ3) is 4.40. The van der Waals surface area contributed by atoms with E-state index in [1.807, 2.05) is 12.1 Å². The molecule has 0 spiro atoms. The summed E-state index contributed by atoms with van der Waals surface area (Å²) in [4.78, 5) is 28.9. The Hall–Kier alpha value is -2.22.